The summed E-state index contributed by atoms with van der Waals surface area (Å²) >= 11 is 6.30. The van der Waals surface area contributed by atoms with Gasteiger partial charge in [-0.1, -0.05) is 0 Å². The van der Waals surface area contributed by atoms with Gasteiger partial charge in [-0.25, -0.2) is 9.97 Å². The van der Waals surface area contributed by atoms with Gasteiger partial charge in [0.05, 0.1) is 9.40 Å². The second kappa shape index (κ2) is 3.90. The highest BCUT2D eigenvalue weighted by molar-refractivity contribution is 7.35. The van der Waals surface area contributed by atoms with Crippen molar-refractivity contribution >= 4 is 89.7 Å². The lowest BCUT2D eigenvalue weighted by atomic mass is 10.1. The zero-order valence-electron chi connectivity index (χ0n) is 8.84. The van der Waals surface area contributed by atoms with Crippen molar-refractivity contribution in [1.82, 2.24) is 9.97 Å². The lowest BCUT2D eigenvalue weighted by molar-refractivity contribution is 1.45. The van der Waals surface area contributed by atoms with E-state index in [0.29, 0.717) is 0 Å². The Labute approximate surface area is 121 Å². The summed E-state index contributed by atoms with van der Waals surface area (Å²) in [7, 11) is 11.5. The van der Waals surface area contributed by atoms with Crippen molar-refractivity contribution in [2.24, 2.45) is 0 Å². The van der Waals surface area contributed by atoms with Gasteiger partial charge in [0.2, 0.25) is 0 Å². The largest absolute Gasteiger partial charge is 0.223 e. The van der Waals surface area contributed by atoms with E-state index in [0.717, 1.165) is 38.6 Å². The van der Waals surface area contributed by atoms with Gasteiger partial charge < -0.3 is 0 Å². The third-order valence-electron chi connectivity index (χ3n) is 2.40. The lowest BCUT2D eigenvalue weighted by Crippen LogP contribution is -1.89. The van der Waals surface area contributed by atoms with E-state index >= 15 is 0 Å². The molecular weight excluding hydrogens is 298 g/mol. The molecule has 0 atom stereocenters. The zero-order valence-corrected chi connectivity index (χ0v) is 12.1. The fraction of sp³-hybridized carbons (Fsp3) is 0. The number of thiophene rings is 2. The van der Waals surface area contributed by atoms with Crippen molar-refractivity contribution in [1.29, 1.82) is 0 Å². The predicted molar refractivity (Wildman–Crippen MR) is 84.8 cm³/mol. The fourth-order valence-corrected chi connectivity index (χ4v) is 5.69. The molecule has 0 spiro atoms. The number of thiazole rings is 2. The molecule has 0 aromatic carbocycles. The van der Waals surface area contributed by atoms with Crippen molar-refractivity contribution in [3.05, 3.63) is 12.1 Å². The van der Waals surface area contributed by atoms with E-state index in [9.17, 15) is 0 Å². The van der Waals surface area contributed by atoms with E-state index < -0.39 is 0 Å². The molecule has 4 heterocycles. The molecule has 0 aliphatic heterocycles. The molecule has 4 radical (unpaired) electrons. The van der Waals surface area contributed by atoms with Crippen LogP contribution in [0.1, 0.15) is 0 Å². The first kappa shape index (κ1) is 11.2. The van der Waals surface area contributed by atoms with Gasteiger partial charge in [-0.3, -0.25) is 0 Å². The van der Waals surface area contributed by atoms with Crippen LogP contribution in [0.15, 0.2) is 12.1 Å². The topological polar surface area (TPSA) is 25.8 Å². The van der Waals surface area contributed by atoms with Gasteiger partial charge >= 0.3 is 0 Å². The summed E-state index contributed by atoms with van der Waals surface area (Å²) in [6, 6.07) is 3.93. The quantitative estimate of drug-likeness (QED) is 0.504. The zero-order chi connectivity index (χ0) is 12.3. The molecule has 0 fully saturated rings. The van der Waals surface area contributed by atoms with Crippen LogP contribution in [0.3, 0.4) is 0 Å². The van der Waals surface area contributed by atoms with Gasteiger partial charge in [0, 0.05) is 0 Å². The number of hydrogen-bond donors (Lipinski definition) is 0. The molecule has 4 aromatic heterocycles. The Morgan fingerprint density at radius 3 is 1.56 bits per heavy atom. The van der Waals surface area contributed by atoms with Crippen LogP contribution in [-0.2, 0) is 0 Å². The molecule has 0 aliphatic carbocycles. The third kappa shape index (κ3) is 1.67. The monoisotopic (exact) mass is 300 g/mol. The van der Waals surface area contributed by atoms with Crippen LogP contribution in [-0.4, -0.2) is 25.7 Å². The van der Waals surface area contributed by atoms with E-state index in [1.54, 1.807) is 22.7 Å². The van der Waals surface area contributed by atoms with Crippen LogP contribution in [0, 0.1) is 0 Å². The Balaban J connectivity index is 1.89. The summed E-state index contributed by atoms with van der Waals surface area (Å²) in [5.41, 5.74) is 0. The Hall–Kier alpha value is -0.690. The number of hydrogen-bond acceptors (Lipinski definition) is 6. The van der Waals surface area contributed by atoms with E-state index in [-0.39, 0.29) is 0 Å². The number of fused-ring (bicyclic) bond motifs is 2. The SMILES string of the molecule is [B]c1cc2sc(-c3nc4sc([B])cc4s3)nc2s1. The second-order valence-corrected chi connectivity index (χ2v) is 7.86. The van der Waals surface area contributed by atoms with Crippen LogP contribution in [0.2, 0.25) is 0 Å². The molecule has 82 valence electrons. The second-order valence-electron chi connectivity index (χ2n) is 3.67. The molecule has 4 rings (SSSR count). The summed E-state index contributed by atoms with van der Waals surface area (Å²) < 4.78 is 3.88. The standard InChI is InChI=1S/C10H2B2N2S4/c11-5-1-3-7(17-5)13-9(15-3)10-14-8-4(16-10)2-6(12)18-8/h1-2H. The van der Waals surface area contributed by atoms with Gasteiger partial charge in [-0.05, 0) is 21.7 Å². The Bertz CT molecular complexity index is 733. The summed E-state index contributed by atoms with van der Waals surface area (Å²) in [5, 5.41) is 1.92. The molecular formula is C10H2B2N2S4. The van der Waals surface area contributed by atoms with E-state index in [1.165, 1.54) is 22.7 Å². The first-order valence-electron chi connectivity index (χ1n) is 5.01. The summed E-state index contributed by atoms with van der Waals surface area (Å²) in [6.07, 6.45) is 0. The van der Waals surface area contributed by atoms with Crippen molar-refractivity contribution in [3.8, 4) is 10.0 Å². The molecule has 0 unspecified atom stereocenters. The molecule has 0 saturated heterocycles. The first-order valence-corrected chi connectivity index (χ1v) is 8.28. The van der Waals surface area contributed by atoms with E-state index in [1.807, 2.05) is 12.1 Å². The summed E-state index contributed by atoms with van der Waals surface area (Å²) in [5.74, 6) is 0. The molecule has 0 amide bonds. The van der Waals surface area contributed by atoms with Crippen molar-refractivity contribution in [2.45, 2.75) is 0 Å². The smallest absolute Gasteiger partial charge is 0.154 e. The third-order valence-corrected chi connectivity index (χ3v) is 6.52. The van der Waals surface area contributed by atoms with Crippen LogP contribution >= 0.6 is 45.3 Å². The maximum Gasteiger partial charge on any atom is 0.154 e. The van der Waals surface area contributed by atoms with Gasteiger partial charge in [0.25, 0.3) is 0 Å². The summed E-state index contributed by atoms with van der Waals surface area (Å²) in [6.45, 7) is 0. The molecule has 8 heteroatoms. The molecule has 0 N–H and O–H groups in total. The number of nitrogens with zero attached hydrogens (tertiary/aromatic N) is 2. The first-order chi connectivity index (χ1) is 8.69. The summed E-state index contributed by atoms with van der Waals surface area (Å²) in [4.78, 5) is 11.1. The normalized spacial score (nSPS) is 11.8. The number of rotatable bonds is 1. The van der Waals surface area contributed by atoms with Crippen molar-refractivity contribution < 1.29 is 0 Å². The molecule has 2 nitrogen and oxygen atoms in total. The minimum atomic E-state index is 0.809. The maximum atomic E-state index is 5.75. The number of aromatic nitrogens is 2. The highest BCUT2D eigenvalue weighted by Crippen LogP contribution is 2.37. The fourth-order valence-electron chi connectivity index (χ4n) is 1.69. The Kier molecular flexibility index (Phi) is 2.42. The molecule has 0 bridgehead atoms. The minimum absolute atomic E-state index is 0.809. The van der Waals surface area contributed by atoms with E-state index in [4.69, 9.17) is 15.7 Å². The average molecular weight is 300 g/mol. The van der Waals surface area contributed by atoms with E-state index in [2.05, 4.69) is 9.97 Å². The molecule has 0 aliphatic rings. The Morgan fingerprint density at radius 1 is 0.722 bits per heavy atom. The average Bonchev–Trinajstić information content (AvgIpc) is 2.94. The van der Waals surface area contributed by atoms with Crippen LogP contribution < -0.4 is 9.55 Å². The van der Waals surface area contributed by atoms with Crippen LogP contribution in [0.5, 0.6) is 0 Å². The Morgan fingerprint density at radius 2 is 1.17 bits per heavy atom. The van der Waals surface area contributed by atoms with Crippen molar-refractivity contribution in [3.63, 3.8) is 0 Å². The van der Waals surface area contributed by atoms with Crippen LogP contribution in [0.25, 0.3) is 29.1 Å². The van der Waals surface area contributed by atoms with Gasteiger partial charge in [-0.15, -0.1) is 45.3 Å². The molecule has 0 saturated carbocycles. The minimum Gasteiger partial charge on any atom is -0.223 e. The molecule has 4 aromatic rings. The highest BCUT2D eigenvalue weighted by Gasteiger charge is 2.13. The maximum absolute atomic E-state index is 5.75. The van der Waals surface area contributed by atoms with Gasteiger partial charge in [-0.2, -0.15) is 0 Å². The molecule has 18 heavy (non-hydrogen) atoms. The van der Waals surface area contributed by atoms with Gasteiger partial charge in [0.1, 0.15) is 25.4 Å². The predicted octanol–water partition coefficient (Wildman–Crippen LogP) is 2.28. The van der Waals surface area contributed by atoms with Crippen LogP contribution in [0.4, 0.5) is 0 Å². The van der Waals surface area contributed by atoms with Gasteiger partial charge in [0.15, 0.2) is 10.0 Å². The lowest BCUT2D eigenvalue weighted by Gasteiger charge is -1.85. The van der Waals surface area contributed by atoms with Crippen molar-refractivity contribution in [2.75, 3.05) is 0 Å². The highest BCUT2D eigenvalue weighted by atomic mass is 32.1.